The molecule has 1 aliphatic rings. The highest BCUT2D eigenvalue weighted by atomic mass is 32.1. The lowest BCUT2D eigenvalue weighted by Gasteiger charge is -2.26. The third-order valence-electron chi connectivity index (χ3n) is 5.65. The second-order valence-corrected chi connectivity index (χ2v) is 9.23. The lowest BCUT2D eigenvalue weighted by atomic mass is 10.0. The number of nitrogens with zero attached hydrogens (tertiary/aromatic N) is 2. The van der Waals surface area contributed by atoms with Crippen molar-refractivity contribution in [3.8, 4) is 0 Å². The molecule has 0 spiro atoms. The summed E-state index contributed by atoms with van der Waals surface area (Å²) in [6.07, 6.45) is 0.192. The van der Waals surface area contributed by atoms with E-state index in [2.05, 4.69) is 21.8 Å². The lowest BCUT2D eigenvalue weighted by Crippen LogP contribution is -2.38. The predicted molar refractivity (Wildman–Crippen MR) is 139 cm³/mol. The molecule has 0 saturated carbocycles. The van der Waals surface area contributed by atoms with Gasteiger partial charge in [0.15, 0.2) is 0 Å². The molecule has 1 saturated heterocycles. The van der Waals surface area contributed by atoms with Gasteiger partial charge >= 0.3 is 6.18 Å². The molecule has 2 heterocycles. The highest BCUT2D eigenvalue weighted by molar-refractivity contribution is 7.20. The Kier molecular flexibility index (Phi) is 9.79. The number of benzene rings is 1. The quantitative estimate of drug-likeness (QED) is 0.270. The molecule has 0 atom stereocenters. The second-order valence-electron chi connectivity index (χ2n) is 8.23. The molecule has 1 fully saturated rings. The molecule has 0 bridgehead atoms. The zero-order valence-electron chi connectivity index (χ0n) is 20.4. The van der Waals surface area contributed by atoms with E-state index >= 15 is 0 Å². The molecule has 11 heteroatoms. The minimum atomic E-state index is -4.65. The Hall–Kier alpha value is -3.28. The maximum atomic E-state index is 13.5. The first-order valence-electron chi connectivity index (χ1n) is 11.7. The van der Waals surface area contributed by atoms with E-state index in [0.717, 1.165) is 55.6 Å². The van der Waals surface area contributed by atoms with Crippen LogP contribution in [0.5, 0.6) is 0 Å². The Morgan fingerprint density at radius 3 is 2.65 bits per heavy atom. The fraction of sp³-hybridized carbons (Fsp3) is 0.346. The first kappa shape index (κ1) is 28.3. The summed E-state index contributed by atoms with van der Waals surface area (Å²) in [6.45, 7) is 9.49. The number of rotatable bonds is 10. The van der Waals surface area contributed by atoms with Crippen molar-refractivity contribution in [2.24, 2.45) is 5.73 Å². The zero-order chi connectivity index (χ0) is 27.0. The molecule has 2 amide bonds. The summed E-state index contributed by atoms with van der Waals surface area (Å²) in [6, 6.07) is 4.95. The average Bonchev–Trinajstić information content (AvgIpc) is 3.29. The smallest absolute Gasteiger partial charge is 0.379 e. The summed E-state index contributed by atoms with van der Waals surface area (Å²) in [5, 5.41) is 3.00. The normalized spacial score (nSPS) is 16.2. The predicted octanol–water partition coefficient (Wildman–Crippen LogP) is 4.24. The molecule has 0 unspecified atom stereocenters. The van der Waals surface area contributed by atoms with Crippen LogP contribution in [-0.2, 0) is 9.53 Å². The Morgan fingerprint density at radius 1 is 1.30 bits per heavy atom. The van der Waals surface area contributed by atoms with Gasteiger partial charge in [-0.05, 0) is 43.7 Å². The average molecular weight is 535 g/mol. The van der Waals surface area contributed by atoms with E-state index in [-0.39, 0.29) is 22.1 Å². The second kappa shape index (κ2) is 12.8. The fourth-order valence-electron chi connectivity index (χ4n) is 3.84. The van der Waals surface area contributed by atoms with Crippen LogP contribution in [0, 0.1) is 0 Å². The molecule has 1 aromatic carbocycles. The van der Waals surface area contributed by atoms with Crippen LogP contribution in [0.3, 0.4) is 0 Å². The zero-order valence-corrected chi connectivity index (χ0v) is 21.3. The van der Waals surface area contributed by atoms with Gasteiger partial charge in [-0.1, -0.05) is 30.9 Å². The van der Waals surface area contributed by atoms with Crippen molar-refractivity contribution in [3.05, 3.63) is 70.8 Å². The van der Waals surface area contributed by atoms with Crippen LogP contribution in [0.15, 0.2) is 60.2 Å². The van der Waals surface area contributed by atoms with Crippen LogP contribution < -0.4 is 11.1 Å². The van der Waals surface area contributed by atoms with Gasteiger partial charge in [0.25, 0.3) is 11.8 Å². The summed E-state index contributed by atoms with van der Waals surface area (Å²) < 4.78 is 46.2. The summed E-state index contributed by atoms with van der Waals surface area (Å²) in [5.41, 5.74) is 5.06. The molecule has 3 N–H and O–H groups in total. The summed E-state index contributed by atoms with van der Waals surface area (Å²) in [4.78, 5) is 31.9. The number of morpholine rings is 1. The van der Waals surface area contributed by atoms with Gasteiger partial charge in [-0.3, -0.25) is 14.5 Å². The van der Waals surface area contributed by atoms with Gasteiger partial charge < -0.3 is 15.8 Å². The van der Waals surface area contributed by atoms with Crippen LogP contribution in [0.2, 0.25) is 0 Å². The number of halogens is 3. The van der Waals surface area contributed by atoms with Gasteiger partial charge in [0.1, 0.15) is 5.01 Å². The van der Waals surface area contributed by atoms with E-state index in [1.165, 1.54) is 13.0 Å². The lowest BCUT2D eigenvalue weighted by molar-refractivity contribution is -0.112. The third kappa shape index (κ3) is 7.37. The number of thiazole rings is 1. The van der Waals surface area contributed by atoms with Crippen molar-refractivity contribution in [2.75, 3.05) is 39.4 Å². The number of hydrogen-bond donors (Lipinski definition) is 2. The summed E-state index contributed by atoms with van der Waals surface area (Å²) in [5.74, 6) is -1.26. The molecule has 2 aromatic rings. The number of carbonyl (C=O) groups is 2. The summed E-state index contributed by atoms with van der Waals surface area (Å²) in [7, 11) is 0. The topological polar surface area (TPSA) is 97.6 Å². The maximum Gasteiger partial charge on any atom is 0.416 e. The fourth-order valence-corrected chi connectivity index (χ4v) is 4.98. The number of fused-ring (bicyclic) bond motifs is 1. The number of nitrogens with one attached hydrogen (secondary N) is 1. The Labute approximate surface area is 217 Å². The number of allylic oxidation sites excluding steroid dienone is 6. The van der Waals surface area contributed by atoms with E-state index in [9.17, 15) is 22.8 Å². The monoisotopic (exact) mass is 534 g/mol. The van der Waals surface area contributed by atoms with Gasteiger partial charge in [-0.2, -0.15) is 13.2 Å². The van der Waals surface area contributed by atoms with Crippen molar-refractivity contribution in [1.29, 1.82) is 0 Å². The largest absolute Gasteiger partial charge is 0.416 e. The van der Waals surface area contributed by atoms with E-state index in [1.54, 1.807) is 18.2 Å². The molecular weight excluding hydrogens is 505 g/mol. The number of ether oxygens (including phenoxy) is 1. The van der Waals surface area contributed by atoms with Gasteiger partial charge in [0.2, 0.25) is 0 Å². The Morgan fingerprint density at radius 2 is 2.03 bits per heavy atom. The van der Waals surface area contributed by atoms with Crippen LogP contribution >= 0.6 is 11.3 Å². The number of nitrogens with two attached hydrogens (primary N) is 1. The van der Waals surface area contributed by atoms with Gasteiger partial charge in [-0.25, -0.2) is 4.98 Å². The SMILES string of the molecule is C=CC(/C=C(\C=CC)C(F)(F)F)=C(/C(N)=O)c1nc2cccc(C(=O)NCCCN3CCOCC3)c2s1. The number of aromatic nitrogens is 1. The number of amides is 2. The minimum Gasteiger partial charge on any atom is -0.379 e. The van der Waals surface area contributed by atoms with Crippen molar-refractivity contribution < 1.29 is 27.5 Å². The van der Waals surface area contributed by atoms with Gasteiger partial charge in [0, 0.05) is 19.6 Å². The van der Waals surface area contributed by atoms with Crippen molar-refractivity contribution in [1.82, 2.24) is 15.2 Å². The first-order chi connectivity index (χ1) is 17.7. The first-order valence-corrected chi connectivity index (χ1v) is 12.5. The van der Waals surface area contributed by atoms with Crippen LogP contribution in [0.4, 0.5) is 13.2 Å². The molecule has 0 radical (unpaired) electrons. The molecule has 3 rings (SSSR count). The number of carbonyl (C=O) groups excluding carboxylic acids is 2. The van der Waals surface area contributed by atoms with E-state index < -0.39 is 17.7 Å². The molecule has 0 aliphatic carbocycles. The Bertz CT molecular complexity index is 1240. The van der Waals surface area contributed by atoms with Crippen molar-refractivity contribution >= 4 is 38.9 Å². The van der Waals surface area contributed by atoms with Crippen LogP contribution in [0.1, 0.15) is 28.7 Å². The molecule has 1 aliphatic heterocycles. The molecule has 7 nitrogen and oxygen atoms in total. The van der Waals surface area contributed by atoms with Crippen molar-refractivity contribution in [3.63, 3.8) is 0 Å². The van der Waals surface area contributed by atoms with Gasteiger partial charge in [-0.15, -0.1) is 11.3 Å². The molecule has 1 aromatic heterocycles. The highest BCUT2D eigenvalue weighted by Crippen LogP contribution is 2.34. The molecular formula is C26H29F3N4O3S. The van der Waals surface area contributed by atoms with Crippen molar-refractivity contribution in [2.45, 2.75) is 19.5 Å². The third-order valence-corrected chi connectivity index (χ3v) is 6.78. The van der Waals surface area contributed by atoms with Crippen LogP contribution in [-0.4, -0.2) is 67.3 Å². The number of alkyl halides is 3. The minimum absolute atomic E-state index is 0.100. The van der Waals surface area contributed by atoms with Gasteiger partial charge in [0.05, 0.1) is 40.1 Å². The van der Waals surface area contributed by atoms with E-state index in [4.69, 9.17) is 10.5 Å². The van der Waals surface area contributed by atoms with Crippen LogP contribution in [0.25, 0.3) is 15.8 Å². The highest BCUT2D eigenvalue weighted by Gasteiger charge is 2.32. The number of primary amides is 1. The standard InChI is InChI=1S/C26H29F3N4O3S/c1-3-7-18(26(27,28)29)16-17(4-2)21(23(30)34)25-32-20-9-5-8-19(22(20)37-25)24(35)31-10-6-11-33-12-14-36-15-13-33/h3-5,7-9,16H,2,6,10-15H2,1H3,(H2,30,34)(H,31,35)/b7-3?,18-16+,21-17+. The number of hydrogen-bond acceptors (Lipinski definition) is 6. The molecule has 37 heavy (non-hydrogen) atoms. The van der Waals surface area contributed by atoms with E-state index in [0.29, 0.717) is 35.5 Å². The Balaban J connectivity index is 1.90. The summed E-state index contributed by atoms with van der Waals surface area (Å²) >= 11 is 1.01. The van der Waals surface area contributed by atoms with E-state index in [1.807, 2.05) is 0 Å². The molecule has 198 valence electrons. The maximum absolute atomic E-state index is 13.5.